The zero-order valence-corrected chi connectivity index (χ0v) is 21.4. The fourth-order valence-electron chi connectivity index (χ4n) is 2.69. The Morgan fingerprint density at radius 1 is 1.06 bits per heavy atom. The SMILES string of the molecule is CC(C)CC(C=C(NC(=O)[C@H](C)N)S(C)(=O)=O)C(=O)[C@@H](NNC(=O)OC(C)(C)C)C(C)C. The van der Waals surface area contributed by atoms with Crippen molar-refractivity contribution in [3.63, 3.8) is 0 Å². The molecule has 0 heterocycles. The molecule has 0 saturated heterocycles. The molecule has 0 bridgehead atoms. The van der Waals surface area contributed by atoms with E-state index < -0.39 is 45.4 Å². The lowest BCUT2D eigenvalue weighted by Gasteiger charge is -2.27. The van der Waals surface area contributed by atoms with Crippen LogP contribution < -0.4 is 21.9 Å². The van der Waals surface area contributed by atoms with Gasteiger partial charge in [-0.1, -0.05) is 27.7 Å². The van der Waals surface area contributed by atoms with Gasteiger partial charge in [-0.15, -0.1) is 0 Å². The van der Waals surface area contributed by atoms with Crippen molar-refractivity contribution >= 4 is 27.6 Å². The first-order valence-electron chi connectivity index (χ1n) is 10.6. The van der Waals surface area contributed by atoms with Crippen LogP contribution in [-0.4, -0.2) is 50.1 Å². The van der Waals surface area contributed by atoms with E-state index in [4.69, 9.17) is 10.5 Å². The first-order chi connectivity index (χ1) is 14.3. The van der Waals surface area contributed by atoms with E-state index in [-0.39, 0.29) is 22.6 Å². The maximum Gasteiger partial charge on any atom is 0.422 e. The highest BCUT2D eigenvalue weighted by Gasteiger charge is 2.31. The number of nitrogens with one attached hydrogen (secondary N) is 3. The quantitative estimate of drug-likeness (QED) is 0.328. The fraction of sp³-hybridized carbons (Fsp3) is 0.762. The molecule has 0 rings (SSSR count). The van der Waals surface area contributed by atoms with Gasteiger partial charge in [-0.05, 0) is 52.0 Å². The number of carbonyl (C=O) groups is 3. The van der Waals surface area contributed by atoms with Crippen molar-refractivity contribution in [1.29, 1.82) is 0 Å². The Hall–Kier alpha value is -1.98. The standard InChI is InChI=1S/C21H40N4O6S/c1-12(2)10-15(11-16(32(9,29)30)23-19(27)14(5)22)18(26)17(13(3)4)24-25-20(28)31-21(6,7)8/h11-15,17,24H,10,22H2,1-9H3,(H,23,27)(H,25,28)/t14-,15?,17-/m0/s1. The van der Waals surface area contributed by atoms with Crippen LogP contribution >= 0.6 is 0 Å². The second-order valence-corrected chi connectivity index (χ2v) is 11.7. The smallest absolute Gasteiger partial charge is 0.422 e. The summed E-state index contributed by atoms with van der Waals surface area (Å²) in [7, 11) is -3.84. The topological polar surface area (TPSA) is 157 Å². The second-order valence-electron chi connectivity index (χ2n) is 9.71. The van der Waals surface area contributed by atoms with Crippen LogP contribution in [0.15, 0.2) is 11.1 Å². The summed E-state index contributed by atoms with van der Waals surface area (Å²) in [6, 6.07) is -1.75. The Kier molecular flexibility index (Phi) is 11.5. The molecule has 0 aromatic carbocycles. The number of hydrogen-bond donors (Lipinski definition) is 4. The summed E-state index contributed by atoms with van der Waals surface area (Å²) in [5.41, 5.74) is 9.91. The molecule has 0 aliphatic carbocycles. The molecule has 1 unspecified atom stereocenters. The van der Waals surface area contributed by atoms with Crippen LogP contribution in [0.4, 0.5) is 4.79 Å². The summed E-state index contributed by atoms with van der Waals surface area (Å²) in [6.45, 7) is 13.9. The van der Waals surface area contributed by atoms with Gasteiger partial charge >= 0.3 is 6.09 Å². The van der Waals surface area contributed by atoms with Crippen LogP contribution in [-0.2, 0) is 24.2 Å². The molecule has 0 radical (unpaired) electrons. The van der Waals surface area contributed by atoms with Crippen LogP contribution in [0, 0.1) is 17.8 Å². The zero-order valence-electron chi connectivity index (χ0n) is 20.6. The van der Waals surface area contributed by atoms with E-state index in [1.807, 2.05) is 13.8 Å². The van der Waals surface area contributed by atoms with Crippen LogP contribution in [0.5, 0.6) is 0 Å². The lowest BCUT2D eigenvalue weighted by atomic mass is 9.86. The molecule has 10 nitrogen and oxygen atoms in total. The summed E-state index contributed by atoms with van der Waals surface area (Å²) in [4.78, 5) is 37.4. The minimum absolute atomic E-state index is 0.0526. The third-order valence-corrected chi connectivity index (χ3v) is 5.24. The van der Waals surface area contributed by atoms with Gasteiger partial charge in [0, 0.05) is 12.2 Å². The van der Waals surface area contributed by atoms with Gasteiger partial charge in [0.2, 0.25) is 5.91 Å². The Bertz CT molecular complexity index is 798. The number of Topliss-reactive ketones (excluding diaryl/α,β-unsaturated/α-hetero) is 1. The van der Waals surface area contributed by atoms with E-state index in [9.17, 15) is 22.8 Å². The molecule has 0 aliphatic rings. The normalized spacial score (nSPS) is 15.8. The number of amides is 2. The highest BCUT2D eigenvalue weighted by molar-refractivity contribution is 7.94. The van der Waals surface area contributed by atoms with Gasteiger partial charge in [0.05, 0.1) is 12.1 Å². The maximum absolute atomic E-state index is 13.4. The van der Waals surface area contributed by atoms with Crippen LogP contribution in [0.3, 0.4) is 0 Å². The molecule has 0 spiro atoms. The Morgan fingerprint density at radius 2 is 1.59 bits per heavy atom. The number of allylic oxidation sites excluding steroid dienone is 1. The van der Waals surface area contributed by atoms with Gasteiger partial charge in [0.15, 0.2) is 15.6 Å². The molecule has 0 saturated carbocycles. The monoisotopic (exact) mass is 476 g/mol. The van der Waals surface area contributed by atoms with E-state index in [2.05, 4.69) is 16.2 Å². The third kappa shape index (κ3) is 11.6. The number of sulfone groups is 1. The molecule has 0 aromatic rings. The first kappa shape index (κ1) is 30.0. The summed E-state index contributed by atoms with van der Waals surface area (Å²) < 4.78 is 29.7. The van der Waals surface area contributed by atoms with Gasteiger partial charge in [0.1, 0.15) is 10.6 Å². The minimum atomic E-state index is -3.84. The molecule has 3 atom stereocenters. The van der Waals surface area contributed by atoms with Crippen molar-refractivity contribution in [2.45, 2.75) is 79.5 Å². The predicted octanol–water partition coefficient (Wildman–Crippen LogP) is 1.62. The van der Waals surface area contributed by atoms with E-state index in [0.717, 1.165) is 6.26 Å². The van der Waals surface area contributed by atoms with Gasteiger partial charge in [-0.3, -0.25) is 15.0 Å². The van der Waals surface area contributed by atoms with E-state index in [1.54, 1.807) is 34.6 Å². The number of carbonyl (C=O) groups excluding carboxylic acids is 3. The maximum atomic E-state index is 13.4. The van der Waals surface area contributed by atoms with Crippen molar-refractivity contribution in [3.05, 3.63) is 11.1 Å². The van der Waals surface area contributed by atoms with Gasteiger partial charge in [-0.25, -0.2) is 18.6 Å². The van der Waals surface area contributed by atoms with Crippen molar-refractivity contribution in [3.8, 4) is 0 Å². The number of ether oxygens (including phenoxy) is 1. The second kappa shape index (κ2) is 12.3. The number of hydrazine groups is 1. The molecule has 186 valence electrons. The third-order valence-electron chi connectivity index (χ3n) is 4.20. The van der Waals surface area contributed by atoms with Gasteiger partial charge in [0.25, 0.3) is 0 Å². The zero-order chi connectivity index (χ0) is 25.4. The predicted molar refractivity (Wildman–Crippen MR) is 124 cm³/mol. The summed E-state index contributed by atoms with van der Waals surface area (Å²) >= 11 is 0. The highest BCUT2D eigenvalue weighted by Crippen LogP contribution is 2.21. The average Bonchev–Trinajstić information content (AvgIpc) is 2.56. The summed E-state index contributed by atoms with van der Waals surface area (Å²) in [6.07, 6.45) is 1.79. The first-order valence-corrected chi connectivity index (χ1v) is 12.5. The minimum Gasteiger partial charge on any atom is -0.443 e. The van der Waals surface area contributed by atoms with Crippen molar-refractivity contribution < 1.29 is 27.5 Å². The van der Waals surface area contributed by atoms with Crippen LogP contribution in [0.1, 0.15) is 61.8 Å². The van der Waals surface area contributed by atoms with E-state index in [0.29, 0.717) is 6.42 Å². The molecule has 11 heteroatoms. The molecule has 2 amide bonds. The molecular formula is C21H40N4O6S. The van der Waals surface area contributed by atoms with Gasteiger partial charge in [-0.2, -0.15) is 0 Å². The lowest BCUT2D eigenvalue weighted by molar-refractivity contribution is -0.125. The number of hydrogen-bond acceptors (Lipinski definition) is 8. The van der Waals surface area contributed by atoms with E-state index >= 15 is 0 Å². The molecule has 0 aliphatic heterocycles. The average molecular weight is 477 g/mol. The van der Waals surface area contributed by atoms with Gasteiger partial charge < -0.3 is 15.8 Å². The lowest BCUT2D eigenvalue weighted by Crippen LogP contribution is -2.53. The molecule has 5 N–H and O–H groups in total. The van der Waals surface area contributed by atoms with Crippen molar-refractivity contribution in [2.75, 3.05) is 6.26 Å². The van der Waals surface area contributed by atoms with Crippen molar-refractivity contribution in [2.24, 2.45) is 23.5 Å². The number of nitrogens with two attached hydrogens (primary N) is 1. The van der Waals surface area contributed by atoms with Crippen LogP contribution in [0.2, 0.25) is 0 Å². The van der Waals surface area contributed by atoms with E-state index in [1.165, 1.54) is 13.0 Å². The summed E-state index contributed by atoms with van der Waals surface area (Å²) in [5, 5.41) is 1.93. The molecular weight excluding hydrogens is 436 g/mol. The summed E-state index contributed by atoms with van der Waals surface area (Å²) in [5.74, 6) is -2.03. The number of rotatable bonds is 11. The Balaban J connectivity index is 5.93. The molecule has 0 fully saturated rings. The Labute approximate surface area is 192 Å². The highest BCUT2D eigenvalue weighted by atomic mass is 32.2. The largest absolute Gasteiger partial charge is 0.443 e. The van der Waals surface area contributed by atoms with Crippen LogP contribution in [0.25, 0.3) is 0 Å². The Morgan fingerprint density at radius 3 is 1.97 bits per heavy atom. The number of ketones is 1. The van der Waals surface area contributed by atoms with Crippen molar-refractivity contribution in [1.82, 2.24) is 16.2 Å². The fourth-order valence-corrected chi connectivity index (χ4v) is 3.38. The molecule has 0 aromatic heterocycles. The molecule has 32 heavy (non-hydrogen) atoms.